The maximum absolute atomic E-state index is 11.9. The molecule has 0 bridgehead atoms. The molecule has 0 saturated heterocycles. The van der Waals surface area contributed by atoms with Crippen LogP contribution < -0.4 is 11.1 Å². The first-order valence-electron chi connectivity index (χ1n) is 5.80. The number of nitrogens with one attached hydrogen (secondary N) is 1. The molecule has 0 aliphatic carbocycles. The van der Waals surface area contributed by atoms with E-state index >= 15 is 0 Å². The molecule has 1 aromatic carbocycles. The molecular weight excluding hydrogens is 214 g/mol. The van der Waals surface area contributed by atoms with Crippen LogP contribution >= 0.6 is 0 Å². The zero-order chi connectivity index (χ0) is 12.8. The van der Waals surface area contributed by atoms with E-state index in [9.17, 15) is 4.79 Å². The molecule has 94 valence electrons. The molecule has 4 nitrogen and oxygen atoms in total. The summed E-state index contributed by atoms with van der Waals surface area (Å²) in [6, 6.07) is 5.40. The van der Waals surface area contributed by atoms with Gasteiger partial charge < -0.3 is 16.0 Å². The van der Waals surface area contributed by atoms with Gasteiger partial charge in [-0.05, 0) is 51.7 Å². The lowest BCUT2D eigenvalue weighted by atomic mass is 10.1. The summed E-state index contributed by atoms with van der Waals surface area (Å²) < 4.78 is 0. The fourth-order valence-corrected chi connectivity index (χ4v) is 1.59. The van der Waals surface area contributed by atoms with E-state index < -0.39 is 0 Å². The Morgan fingerprint density at radius 1 is 1.41 bits per heavy atom. The minimum Gasteiger partial charge on any atom is -0.398 e. The van der Waals surface area contributed by atoms with Crippen LogP contribution in [0.5, 0.6) is 0 Å². The maximum atomic E-state index is 11.9. The summed E-state index contributed by atoms with van der Waals surface area (Å²) in [6.07, 6.45) is 0.945. The number of carbonyl (C=O) groups is 1. The van der Waals surface area contributed by atoms with Crippen molar-refractivity contribution in [3.8, 4) is 0 Å². The van der Waals surface area contributed by atoms with Crippen molar-refractivity contribution in [2.24, 2.45) is 0 Å². The molecule has 0 aromatic heterocycles. The SMILES string of the molecule is Cc1c(N)cccc1C(=O)NCCCN(C)C. The van der Waals surface area contributed by atoms with E-state index in [2.05, 4.69) is 10.2 Å². The van der Waals surface area contributed by atoms with Gasteiger partial charge in [-0.25, -0.2) is 0 Å². The van der Waals surface area contributed by atoms with E-state index in [1.54, 1.807) is 18.2 Å². The molecule has 1 amide bonds. The Morgan fingerprint density at radius 2 is 2.12 bits per heavy atom. The summed E-state index contributed by atoms with van der Waals surface area (Å²) >= 11 is 0. The van der Waals surface area contributed by atoms with Crippen molar-refractivity contribution < 1.29 is 4.79 Å². The normalized spacial score (nSPS) is 10.6. The summed E-state index contributed by atoms with van der Waals surface area (Å²) in [4.78, 5) is 14.0. The van der Waals surface area contributed by atoms with Crippen LogP contribution in [-0.2, 0) is 0 Å². The minimum absolute atomic E-state index is 0.0476. The molecule has 0 aliphatic heterocycles. The second-order valence-electron chi connectivity index (χ2n) is 4.43. The number of carbonyl (C=O) groups excluding carboxylic acids is 1. The number of anilines is 1. The van der Waals surface area contributed by atoms with Crippen LogP contribution in [0, 0.1) is 6.92 Å². The second-order valence-corrected chi connectivity index (χ2v) is 4.43. The second kappa shape index (κ2) is 6.25. The number of rotatable bonds is 5. The first-order valence-corrected chi connectivity index (χ1v) is 5.80. The van der Waals surface area contributed by atoms with E-state index in [1.807, 2.05) is 21.0 Å². The third-order valence-electron chi connectivity index (χ3n) is 2.69. The summed E-state index contributed by atoms with van der Waals surface area (Å²) in [5.74, 6) is -0.0476. The van der Waals surface area contributed by atoms with Gasteiger partial charge in [-0.2, -0.15) is 0 Å². The van der Waals surface area contributed by atoms with Crippen molar-refractivity contribution in [2.75, 3.05) is 32.9 Å². The van der Waals surface area contributed by atoms with E-state index in [4.69, 9.17) is 5.73 Å². The predicted molar refractivity (Wildman–Crippen MR) is 71.1 cm³/mol. The van der Waals surface area contributed by atoms with Crippen molar-refractivity contribution in [1.82, 2.24) is 10.2 Å². The van der Waals surface area contributed by atoms with E-state index in [-0.39, 0.29) is 5.91 Å². The maximum Gasteiger partial charge on any atom is 0.251 e. The Bertz CT molecular complexity index is 388. The van der Waals surface area contributed by atoms with Gasteiger partial charge >= 0.3 is 0 Å². The average molecular weight is 235 g/mol. The topological polar surface area (TPSA) is 58.4 Å². The quantitative estimate of drug-likeness (QED) is 0.596. The highest BCUT2D eigenvalue weighted by Crippen LogP contribution is 2.15. The Morgan fingerprint density at radius 3 is 2.76 bits per heavy atom. The minimum atomic E-state index is -0.0476. The largest absolute Gasteiger partial charge is 0.398 e. The number of hydrogen-bond donors (Lipinski definition) is 2. The van der Waals surface area contributed by atoms with Crippen LogP contribution in [0.4, 0.5) is 5.69 Å². The van der Waals surface area contributed by atoms with Gasteiger partial charge in [0.15, 0.2) is 0 Å². The van der Waals surface area contributed by atoms with Gasteiger partial charge in [0.2, 0.25) is 0 Å². The molecule has 1 aromatic rings. The van der Waals surface area contributed by atoms with Gasteiger partial charge in [0.1, 0.15) is 0 Å². The highest BCUT2D eigenvalue weighted by atomic mass is 16.1. The van der Waals surface area contributed by atoms with E-state index in [0.717, 1.165) is 18.5 Å². The lowest BCUT2D eigenvalue weighted by Crippen LogP contribution is -2.27. The van der Waals surface area contributed by atoms with Gasteiger partial charge in [0.05, 0.1) is 0 Å². The predicted octanol–water partition coefficient (Wildman–Crippen LogP) is 1.26. The standard InChI is InChI=1S/C13H21N3O/c1-10-11(6-4-7-12(10)14)13(17)15-8-5-9-16(2)3/h4,6-7H,5,8-9,14H2,1-3H3,(H,15,17). The Balaban J connectivity index is 2.50. The number of nitrogen functional groups attached to an aromatic ring is 1. The molecular formula is C13H21N3O. The molecule has 0 saturated carbocycles. The average Bonchev–Trinajstić information content (AvgIpc) is 2.27. The molecule has 0 heterocycles. The smallest absolute Gasteiger partial charge is 0.251 e. The first-order chi connectivity index (χ1) is 8.02. The van der Waals surface area contributed by atoms with Gasteiger partial charge in [0.25, 0.3) is 5.91 Å². The van der Waals surface area contributed by atoms with Crippen LogP contribution in [0.25, 0.3) is 0 Å². The molecule has 0 spiro atoms. The van der Waals surface area contributed by atoms with Gasteiger partial charge in [0, 0.05) is 17.8 Å². The number of nitrogens with zero attached hydrogens (tertiary/aromatic N) is 1. The lowest BCUT2D eigenvalue weighted by molar-refractivity contribution is 0.0952. The molecule has 0 aliphatic rings. The molecule has 0 radical (unpaired) electrons. The van der Waals surface area contributed by atoms with E-state index in [1.165, 1.54) is 0 Å². The summed E-state index contributed by atoms with van der Waals surface area (Å²) in [5.41, 5.74) is 7.93. The van der Waals surface area contributed by atoms with Gasteiger partial charge in [-0.1, -0.05) is 6.07 Å². The Kier molecular flexibility index (Phi) is 4.97. The monoisotopic (exact) mass is 235 g/mol. The number of benzene rings is 1. The number of nitrogens with two attached hydrogens (primary N) is 1. The summed E-state index contributed by atoms with van der Waals surface area (Å²) in [7, 11) is 4.04. The van der Waals surface area contributed by atoms with Crippen LogP contribution in [0.3, 0.4) is 0 Å². The van der Waals surface area contributed by atoms with Crippen LogP contribution in [0.1, 0.15) is 22.3 Å². The Hall–Kier alpha value is -1.55. The van der Waals surface area contributed by atoms with Gasteiger partial charge in [-0.15, -0.1) is 0 Å². The van der Waals surface area contributed by atoms with Crippen molar-refractivity contribution >= 4 is 11.6 Å². The van der Waals surface area contributed by atoms with Gasteiger partial charge in [-0.3, -0.25) is 4.79 Å². The summed E-state index contributed by atoms with van der Waals surface area (Å²) in [5, 5.41) is 2.90. The van der Waals surface area contributed by atoms with Crippen molar-refractivity contribution in [3.05, 3.63) is 29.3 Å². The third-order valence-corrected chi connectivity index (χ3v) is 2.69. The van der Waals surface area contributed by atoms with E-state index in [0.29, 0.717) is 17.8 Å². The lowest BCUT2D eigenvalue weighted by Gasteiger charge is -2.11. The highest BCUT2D eigenvalue weighted by molar-refractivity contribution is 5.96. The fourth-order valence-electron chi connectivity index (χ4n) is 1.59. The zero-order valence-electron chi connectivity index (χ0n) is 10.8. The highest BCUT2D eigenvalue weighted by Gasteiger charge is 2.09. The molecule has 1 rings (SSSR count). The third kappa shape index (κ3) is 4.07. The molecule has 17 heavy (non-hydrogen) atoms. The molecule has 0 atom stereocenters. The number of hydrogen-bond acceptors (Lipinski definition) is 3. The number of amides is 1. The first kappa shape index (κ1) is 13.5. The van der Waals surface area contributed by atoms with Crippen molar-refractivity contribution in [3.63, 3.8) is 0 Å². The van der Waals surface area contributed by atoms with Crippen molar-refractivity contribution in [2.45, 2.75) is 13.3 Å². The van der Waals surface area contributed by atoms with Crippen LogP contribution in [0.15, 0.2) is 18.2 Å². The molecule has 0 fully saturated rings. The molecule has 4 heteroatoms. The van der Waals surface area contributed by atoms with Crippen LogP contribution in [-0.4, -0.2) is 38.0 Å². The fraction of sp³-hybridized carbons (Fsp3) is 0.462. The Labute approximate surface area is 103 Å². The zero-order valence-corrected chi connectivity index (χ0v) is 10.8. The molecule has 3 N–H and O–H groups in total. The summed E-state index contributed by atoms with van der Waals surface area (Å²) in [6.45, 7) is 3.52. The molecule has 0 unspecified atom stereocenters. The van der Waals surface area contributed by atoms with Crippen molar-refractivity contribution in [1.29, 1.82) is 0 Å². The van der Waals surface area contributed by atoms with Crippen LogP contribution in [0.2, 0.25) is 0 Å².